The number of aliphatic carboxylic acids is 1. The number of alkyl carbamates (subject to hydrolysis) is 1. The van der Waals surface area contributed by atoms with Crippen molar-refractivity contribution < 1.29 is 29.3 Å². The van der Waals surface area contributed by atoms with Gasteiger partial charge in [0.1, 0.15) is 6.61 Å². The SMILES string of the molecule is CCC[C@@H](CC(=O)O)NC(=O)CC(O)CNC(=O)OCC1c2ccccc2-c2ccccc21. The van der Waals surface area contributed by atoms with Crippen LogP contribution in [0.4, 0.5) is 4.79 Å². The molecule has 8 nitrogen and oxygen atoms in total. The van der Waals surface area contributed by atoms with Crippen LogP contribution in [-0.2, 0) is 14.3 Å². The van der Waals surface area contributed by atoms with E-state index in [0.29, 0.717) is 6.42 Å². The maximum atomic E-state index is 12.2. The first-order valence-electron chi connectivity index (χ1n) is 11.2. The first kappa shape index (κ1) is 24.3. The van der Waals surface area contributed by atoms with E-state index in [9.17, 15) is 19.5 Å². The molecule has 0 aliphatic heterocycles. The molecule has 8 heteroatoms. The number of carboxylic acid groups (broad SMARTS) is 1. The number of carboxylic acids is 1. The molecule has 1 unspecified atom stereocenters. The van der Waals surface area contributed by atoms with Crippen LogP contribution in [0.3, 0.4) is 0 Å². The lowest BCUT2D eigenvalue weighted by molar-refractivity contribution is -0.137. The van der Waals surface area contributed by atoms with Gasteiger partial charge in [0.25, 0.3) is 0 Å². The minimum absolute atomic E-state index is 0.0661. The molecule has 1 aliphatic rings. The smallest absolute Gasteiger partial charge is 0.407 e. The van der Waals surface area contributed by atoms with Gasteiger partial charge in [-0.1, -0.05) is 61.9 Å². The number of aliphatic hydroxyl groups is 1. The average molecular weight is 455 g/mol. The summed E-state index contributed by atoms with van der Waals surface area (Å²) in [6, 6.07) is 15.6. The van der Waals surface area contributed by atoms with Gasteiger partial charge < -0.3 is 25.6 Å². The second-order valence-corrected chi connectivity index (χ2v) is 8.22. The lowest BCUT2D eigenvalue weighted by atomic mass is 9.98. The maximum Gasteiger partial charge on any atom is 0.407 e. The third-order valence-corrected chi connectivity index (χ3v) is 5.67. The molecule has 1 aliphatic carbocycles. The van der Waals surface area contributed by atoms with Crippen LogP contribution in [0.15, 0.2) is 48.5 Å². The number of carbonyl (C=O) groups is 3. The Morgan fingerprint density at radius 1 is 1.00 bits per heavy atom. The summed E-state index contributed by atoms with van der Waals surface area (Å²) in [5.74, 6) is -1.52. The van der Waals surface area contributed by atoms with Crippen molar-refractivity contribution in [2.24, 2.45) is 0 Å². The number of hydrogen-bond acceptors (Lipinski definition) is 5. The minimum atomic E-state index is -1.11. The fourth-order valence-corrected chi connectivity index (χ4v) is 4.21. The molecule has 0 fully saturated rings. The summed E-state index contributed by atoms with van der Waals surface area (Å²) >= 11 is 0. The number of carbonyl (C=O) groups excluding carboxylic acids is 2. The first-order chi connectivity index (χ1) is 15.9. The summed E-state index contributed by atoms with van der Waals surface area (Å²) in [5, 5.41) is 24.1. The van der Waals surface area contributed by atoms with Crippen molar-refractivity contribution in [3.8, 4) is 11.1 Å². The quantitative estimate of drug-likeness (QED) is 0.414. The highest BCUT2D eigenvalue weighted by Gasteiger charge is 2.29. The van der Waals surface area contributed by atoms with E-state index in [2.05, 4.69) is 22.8 Å². The predicted molar refractivity (Wildman–Crippen MR) is 123 cm³/mol. The molecular weight excluding hydrogens is 424 g/mol. The first-order valence-corrected chi connectivity index (χ1v) is 11.2. The van der Waals surface area contributed by atoms with Crippen LogP contribution in [0.1, 0.15) is 49.7 Å². The summed E-state index contributed by atoms with van der Waals surface area (Å²) in [6.45, 7) is 1.90. The Morgan fingerprint density at radius 2 is 1.61 bits per heavy atom. The van der Waals surface area contributed by atoms with Crippen LogP contribution in [-0.4, -0.2) is 53.5 Å². The molecule has 33 heavy (non-hydrogen) atoms. The lowest BCUT2D eigenvalue weighted by Crippen LogP contribution is -2.40. The number of nitrogens with one attached hydrogen (secondary N) is 2. The molecular formula is C25H30N2O6. The van der Waals surface area contributed by atoms with Crippen LogP contribution in [0.2, 0.25) is 0 Å². The Labute approximate surface area is 193 Å². The molecule has 2 atom stereocenters. The number of benzene rings is 2. The van der Waals surface area contributed by atoms with E-state index in [-0.39, 0.29) is 31.9 Å². The van der Waals surface area contributed by atoms with Gasteiger partial charge in [-0.05, 0) is 28.7 Å². The maximum absolute atomic E-state index is 12.2. The van der Waals surface area contributed by atoms with Gasteiger partial charge in [0.15, 0.2) is 0 Å². The molecule has 176 valence electrons. The Morgan fingerprint density at radius 3 is 2.18 bits per heavy atom. The van der Waals surface area contributed by atoms with E-state index in [4.69, 9.17) is 9.84 Å². The zero-order chi connectivity index (χ0) is 23.8. The van der Waals surface area contributed by atoms with Crippen molar-refractivity contribution in [3.63, 3.8) is 0 Å². The van der Waals surface area contributed by atoms with Gasteiger partial charge in [0.05, 0.1) is 18.9 Å². The van der Waals surface area contributed by atoms with Crippen molar-refractivity contribution in [1.82, 2.24) is 10.6 Å². The second-order valence-electron chi connectivity index (χ2n) is 8.22. The Bertz CT molecular complexity index is 947. The summed E-state index contributed by atoms with van der Waals surface area (Å²) in [6.07, 6.45) is -0.948. The van der Waals surface area contributed by atoms with E-state index in [1.165, 1.54) is 0 Å². The average Bonchev–Trinajstić information content (AvgIpc) is 3.09. The van der Waals surface area contributed by atoms with E-state index in [1.54, 1.807) is 0 Å². The van der Waals surface area contributed by atoms with Gasteiger partial charge in [0, 0.05) is 18.5 Å². The number of hydrogen-bond donors (Lipinski definition) is 4. The highest BCUT2D eigenvalue weighted by atomic mass is 16.5. The molecule has 0 saturated carbocycles. The number of amides is 2. The normalized spacial score (nSPS) is 14.0. The van der Waals surface area contributed by atoms with Gasteiger partial charge >= 0.3 is 12.1 Å². The molecule has 2 aromatic rings. The molecule has 3 rings (SSSR count). The van der Waals surface area contributed by atoms with Crippen molar-refractivity contribution in [2.75, 3.05) is 13.2 Å². The van der Waals surface area contributed by atoms with Crippen molar-refractivity contribution in [1.29, 1.82) is 0 Å². The summed E-state index contributed by atoms with van der Waals surface area (Å²) in [7, 11) is 0. The molecule has 0 radical (unpaired) electrons. The third kappa shape index (κ3) is 6.55. The molecule has 2 aromatic carbocycles. The molecule has 2 amide bonds. The summed E-state index contributed by atoms with van der Waals surface area (Å²) < 4.78 is 5.41. The van der Waals surface area contributed by atoms with Crippen LogP contribution in [0.5, 0.6) is 0 Å². The highest BCUT2D eigenvalue weighted by molar-refractivity contribution is 5.79. The fraction of sp³-hybridized carbons (Fsp3) is 0.400. The molecule has 0 aromatic heterocycles. The van der Waals surface area contributed by atoms with Crippen LogP contribution in [0, 0.1) is 0 Å². The summed E-state index contributed by atoms with van der Waals surface area (Å²) in [4.78, 5) is 35.2. The fourth-order valence-electron chi connectivity index (χ4n) is 4.21. The molecule has 0 saturated heterocycles. The van der Waals surface area contributed by atoms with E-state index in [1.807, 2.05) is 43.3 Å². The van der Waals surface area contributed by atoms with Crippen molar-refractivity contribution in [3.05, 3.63) is 59.7 Å². The molecule has 0 heterocycles. The van der Waals surface area contributed by atoms with Gasteiger partial charge in [-0.2, -0.15) is 0 Å². The monoisotopic (exact) mass is 454 g/mol. The highest BCUT2D eigenvalue weighted by Crippen LogP contribution is 2.44. The second kappa shape index (κ2) is 11.5. The molecule has 4 N–H and O–H groups in total. The zero-order valence-corrected chi connectivity index (χ0v) is 18.6. The number of rotatable bonds is 11. The number of aliphatic hydroxyl groups excluding tert-OH is 1. The van der Waals surface area contributed by atoms with Crippen molar-refractivity contribution in [2.45, 2.75) is 50.7 Å². The van der Waals surface area contributed by atoms with Gasteiger partial charge in [-0.15, -0.1) is 0 Å². The number of fused-ring (bicyclic) bond motifs is 3. The van der Waals surface area contributed by atoms with E-state index in [0.717, 1.165) is 28.7 Å². The largest absolute Gasteiger partial charge is 0.481 e. The lowest BCUT2D eigenvalue weighted by Gasteiger charge is -2.18. The standard InChI is InChI=1S/C25H30N2O6/c1-2-7-16(12-24(30)31)27-23(29)13-17(28)14-26-25(32)33-15-22-20-10-5-3-8-18(20)19-9-4-6-11-21(19)22/h3-6,8-11,16-17,22,28H,2,7,12-15H2,1H3,(H,26,32)(H,27,29)(H,30,31)/t16-,17?/m0/s1. The topological polar surface area (TPSA) is 125 Å². The van der Waals surface area contributed by atoms with Crippen LogP contribution in [0.25, 0.3) is 11.1 Å². The zero-order valence-electron chi connectivity index (χ0n) is 18.6. The van der Waals surface area contributed by atoms with E-state index < -0.39 is 30.1 Å². The Kier molecular flexibility index (Phi) is 8.43. The Hall–Kier alpha value is -3.39. The summed E-state index contributed by atoms with van der Waals surface area (Å²) in [5.41, 5.74) is 4.47. The van der Waals surface area contributed by atoms with E-state index >= 15 is 0 Å². The Balaban J connectivity index is 1.45. The third-order valence-electron chi connectivity index (χ3n) is 5.67. The number of ether oxygens (including phenoxy) is 1. The molecule has 0 spiro atoms. The van der Waals surface area contributed by atoms with Crippen molar-refractivity contribution >= 4 is 18.0 Å². The van der Waals surface area contributed by atoms with Crippen LogP contribution >= 0.6 is 0 Å². The predicted octanol–water partition coefficient (Wildman–Crippen LogP) is 3.04. The van der Waals surface area contributed by atoms with Gasteiger partial charge in [-0.25, -0.2) is 4.79 Å². The van der Waals surface area contributed by atoms with Crippen LogP contribution < -0.4 is 10.6 Å². The van der Waals surface area contributed by atoms with Gasteiger partial charge in [0.2, 0.25) is 5.91 Å². The molecule has 0 bridgehead atoms. The van der Waals surface area contributed by atoms with Gasteiger partial charge in [-0.3, -0.25) is 9.59 Å². The minimum Gasteiger partial charge on any atom is -0.481 e.